The fourth-order valence-corrected chi connectivity index (χ4v) is 2.49. The summed E-state index contributed by atoms with van der Waals surface area (Å²) in [4.78, 5) is 11.5. The molecule has 4 unspecified atom stereocenters. The number of carbonyl (C=O) groups excluding carboxylic acids is 1. The van der Waals surface area contributed by atoms with Crippen molar-refractivity contribution in [3.8, 4) is 0 Å². The first-order valence-corrected chi connectivity index (χ1v) is 7.69. The van der Waals surface area contributed by atoms with Gasteiger partial charge in [0.1, 0.15) is 5.60 Å². The van der Waals surface area contributed by atoms with Crippen LogP contribution in [0.1, 0.15) is 60.8 Å². The van der Waals surface area contributed by atoms with Gasteiger partial charge in [0, 0.05) is 6.54 Å². The molecule has 19 heavy (non-hydrogen) atoms. The lowest BCUT2D eigenvalue weighted by molar-refractivity contribution is 0.0524. The van der Waals surface area contributed by atoms with Crippen molar-refractivity contribution in [2.45, 2.75) is 66.4 Å². The monoisotopic (exact) mass is 269 g/mol. The summed E-state index contributed by atoms with van der Waals surface area (Å²) in [6.45, 7) is 13.4. The van der Waals surface area contributed by atoms with Crippen LogP contribution >= 0.6 is 0 Å². The Balaban J connectivity index is 2.16. The maximum atomic E-state index is 11.5. The normalized spacial score (nSPS) is 25.6. The first-order chi connectivity index (χ1) is 8.73. The van der Waals surface area contributed by atoms with Crippen LogP contribution in [-0.4, -0.2) is 18.2 Å². The molecule has 0 aromatic rings. The van der Waals surface area contributed by atoms with Gasteiger partial charge >= 0.3 is 6.09 Å². The van der Waals surface area contributed by atoms with Crippen LogP contribution in [0.4, 0.5) is 4.79 Å². The standard InChI is InChI=1S/C16H31NO2/c1-7-11(2)12(3)8-13-9-14(13)10-17-15(18)19-16(4,5)6/h11-14H,7-10H2,1-6H3,(H,17,18). The number of hydrogen-bond donors (Lipinski definition) is 1. The van der Waals surface area contributed by atoms with Crippen LogP contribution < -0.4 is 5.32 Å². The van der Waals surface area contributed by atoms with E-state index in [1.165, 1.54) is 19.3 Å². The molecule has 0 spiro atoms. The molecular formula is C16H31NO2. The molecule has 1 amide bonds. The SMILES string of the molecule is CCC(C)C(C)CC1CC1CNC(=O)OC(C)(C)C. The fraction of sp³-hybridized carbons (Fsp3) is 0.938. The van der Waals surface area contributed by atoms with Crippen molar-refractivity contribution in [3.05, 3.63) is 0 Å². The Labute approximate surface area is 118 Å². The third-order valence-corrected chi connectivity index (χ3v) is 4.27. The maximum Gasteiger partial charge on any atom is 0.407 e. The van der Waals surface area contributed by atoms with Gasteiger partial charge in [-0.3, -0.25) is 0 Å². The van der Waals surface area contributed by atoms with Gasteiger partial charge in [0.2, 0.25) is 0 Å². The van der Waals surface area contributed by atoms with Gasteiger partial charge in [-0.15, -0.1) is 0 Å². The molecule has 3 heteroatoms. The van der Waals surface area contributed by atoms with Crippen LogP contribution in [-0.2, 0) is 4.74 Å². The molecular weight excluding hydrogens is 238 g/mol. The number of carbonyl (C=O) groups is 1. The van der Waals surface area contributed by atoms with Crippen molar-refractivity contribution in [1.29, 1.82) is 0 Å². The molecule has 0 heterocycles. The van der Waals surface area contributed by atoms with Crippen LogP contribution in [0, 0.1) is 23.7 Å². The quantitative estimate of drug-likeness (QED) is 0.784. The second-order valence-electron chi connectivity index (χ2n) is 7.24. The minimum Gasteiger partial charge on any atom is -0.444 e. The predicted molar refractivity (Wildman–Crippen MR) is 79.1 cm³/mol. The lowest BCUT2D eigenvalue weighted by atomic mass is 9.89. The van der Waals surface area contributed by atoms with Crippen molar-refractivity contribution < 1.29 is 9.53 Å². The van der Waals surface area contributed by atoms with Crippen molar-refractivity contribution in [3.63, 3.8) is 0 Å². The van der Waals surface area contributed by atoms with Gasteiger partial charge in [-0.1, -0.05) is 27.2 Å². The van der Waals surface area contributed by atoms with Crippen molar-refractivity contribution in [2.24, 2.45) is 23.7 Å². The summed E-state index contributed by atoms with van der Waals surface area (Å²) in [6, 6.07) is 0. The summed E-state index contributed by atoms with van der Waals surface area (Å²) in [7, 11) is 0. The van der Waals surface area contributed by atoms with E-state index >= 15 is 0 Å². The molecule has 0 aromatic heterocycles. The first kappa shape index (κ1) is 16.3. The Kier molecular flexibility index (Phi) is 5.69. The lowest BCUT2D eigenvalue weighted by Crippen LogP contribution is -2.33. The molecule has 1 aliphatic rings. The first-order valence-electron chi connectivity index (χ1n) is 7.69. The summed E-state index contributed by atoms with van der Waals surface area (Å²) in [5, 5.41) is 2.89. The molecule has 3 nitrogen and oxygen atoms in total. The van der Waals surface area contributed by atoms with E-state index in [0.717, 1.165) is 24.3 Å². The summed E-state index contributed by atoms with van der Waals surface area (Å²) >= 11 is 0. The van der Waals surface area contributed by atoms with E-state index in [9.17, 15) is 4.79 Å². The molecule has 0 radical (unpaired) electrons. The number of amides is 1. The van der Waals surface area contributed by atoms with Crippen LogP contribution in [0.2, 0.25) is 0 Å². The number of alkyl carbamates (subject to hydrolysis) is 1. The molecule has 1 aliphatic carbocycles. The zero-order valence-electron chi connectivity index (χ0n) is 13.5. The molecule has 1 N–H and O–H groups in total. The molecule has 4 atom stereocenters. The summed E-state index contributed by atoms with van der Waals surface area (Å²) in [5.41, 5.74) is -0.405. The molecule has 1 fully saturated rings. The second-order valence-corrected chi connectivity index (χ2v) is 7.24. The molecule has 0 saturated heterocycles. The third-order valence-electron chi connectivity index (χ3n) is 4.27. The number of hydrogen-bond acceptors (Lipinski definition) is 2. The largest absolute Gasteiger partial charge is 0.444 e. The van der Waals surface area contributed by atoms with Gasteiger partial charge in [-0.25, -0.2) is 4.79 Å². The number of nitrogens with one attached hydrogen (secondary N) is 1. The Bertz CT molecular complexity index is 296. The molecule has 112 valence electrons. The topological polar surface area (TPSA) is 38.3 Å². The minimum absolute atomic E-state index is 0.284. The Morgan fingerprint density at radius 1 is 1.26 bits per heavy atom. The van der Waals surface area contributed by atoms with Crippen LogP contribution in [0.3, 0.4) is 0 Å². The zero-order chi connectivity index (χ0) is 14.6. The molecule has 0 bridgehead atoms. The Morgan fingerprint density at radius 3 is 2.42 bits per heavy atom. The van der Waals surface area contributed by atoms with E-state index in [0.29, 0.717) is 5.92 Å². The predicted octanol–water partition coefficient (Wildman–Crippen LogP) is 4.22. The van der Waals surface area contributed by atoms with Crippen LogP contribution in [0.5, 0.6) is 0 Å². The minimum atomic E-state index is -0.405. The average molecular weight is 269 g/mol. The van der Waals surface area contributed by atoms with Crippen molar-refractivity contribution in [2.75, 3.05) is 6.54 Å². The van der Waals surface area contributed by atoms with Gasteiger partial charge in [-0.2, -0.15) is 0 Å². The zero-order valence-corrected chi connectivity index (χ0v) is 13.5. The Hall–Kier alpha value is -0.730. The van der Waals surface area contributed by atoms with E-state index < -0.39 is 5.60 Å². The van der Waals surface area contributed by atoms with Crippen LogP contribution in [0.15, 0.2) is 0 Å². The second kappa shape index (κ2) is 6.62. The van der Waals surface area contributed by atoms with Gasteiger partial charge < -0.3 is 10.1 Å². The summed E-state index contributed by atoms with van der Waals surface area (Å²) < 4.78 is 5.24. The summed E-state index contributed by atoms with van der Waals surface area (Å²) in [6.07, 6.45) is 3.54. The van der Waals surface area contributed by atoms with Gasteiger partial charge in [0.15, 0.2) is 0 Å². The molecule has 0 aliphatic heterocycles. The number of rotatable bonds is 6. The van der Waals surface area contributed by atoms with E-state index in [-0.39, 0.29) is 6.09 Å². The van der Waals surface area contributed by atoms with E-state index in [1.54, 1.807) is 0 Å². The van der Waals surface area contributed by atoms with E-state index in [4.69, 9.17) is 4.74 Å². The summed E-state index contributed by atoms with van der Waals surface area (Å²) in [5.74, 6) is 3.07. The van der Waals surface area contributed by atoms with Crippen LogP contribution in [0.25, 0.3) is 0 Å². The fourth-order valence-electron chi connectivity index (χ4n) is 2.49. The highest BCUT2D eigenvalue weighted by Gasteiger charge is 2.38. The highest BCUT2D eigenvalue weighted by molar-refractivity contribution is 5.67. The highest BCUT2D eigenvalue weighted by atomic mass is 16.6. The van der Waals surface area contributed by atoms with E-state index in [1.807, 2.05) is 20.8 Å². The van der Waals surface area contributed by atoms with Crippen molar-refractivity contribution >= 4 is 6.09 Å². The third kappa shape index (κ3) is 6.31. The maximum absolute atomic E-state index is 11.5. The average Bonchev–Trinajstić information content (AvgIpc) is 3.01. The van der Waals surface area contributed by atoms with Gasteiger partial charge in [-0.05, 0) is 57.3 Å². The molecule has 1 rings (SSSR count). The van der Waals surface area contributed by atoms with Gasteiger partial charge in [0.05, 0.1) is 0 Å². The Morgan fingerprint density at radius 2 is 1.89 bits per heavy atom. The lowest BCUT2D eigenvalue weighted by Gasteiger charge is -2.20. The molecule has 1 saturated carbocycles. The smallest absolute Gasteiger partial charge is 0.407 e. The molecule has 0 aromatic carbocycles. The highest BCUT2D eigenvalue weighted by Crippen LogP contribution is 2.44. The van der Waals surface area contributed by atoms with Gasteiger partial charge in [0.25, 0.3) is 0 Å². The van der Waals surface area contributed by atoms with Crippen molar-refractivity contribution in [1.82, 2.24) is 5.32 Å². The van der Waals surface area contributed by atoms with E-state index in [2.05, 4.69) is 26.1 Å². The number of ether oxygens (including phenoxy) is 1.